The van der Waals surface area contributed by atoms with E-state index in [9.17, 15) is 0 Å². The molecule has 0 spiro atoms. The average Bonchev–Trinajstić information content (AvgIpc) is 2.23. The first kappa shape index (κ1) is 9.41. The maximum Gasteiger partial charge on any atom is 0.0520 e. The zero-order chi connectivity index (χ0) is 9.97. The molecule has 0 saturated heterocycles. The molecule has 14 heavy (non-hydrogen) atoms. The Hall–Kier alpha value is -1.15. The average molecular weight is 248 g/mol. The van der Waals surface area contributed by atoms with Crippen molar-refractivity contribution in [3.8, 4) is 0 Å². The van der Waals surface area contributed by atoms with Crippen molar-refractivity contribution in [3.63, 3.8) is 0 Å². The molecule has 1 aromatic heterocycles. The van der Waals surface area contributed by atoms with Crippen LogP contribution in [0.2, 0.25) is 0 Å². The number of halogens is 1. The second kappa shape index (κ2) is 3.93. The highest BCUT2D eigenvalue weighted by Crippen LogP contribution is 2.25. The van der Waals surface area contributed by atoms with Crippen LogP contribution in [0.15, 0.2) is 47.6 Å². The van der Waals surface area contributed by atoms with Crippen LogP contribution in [0.1, 0.15) is 5.69 Å². The standard InChI is InChI=1S/C12H10BrN/c1-2-5-12-10-7-4-3-6-9(10)11(13)8-14-12/h2-4,6-8H,1,5H2. The van der Waals surface area contributed by atoms with Crippen molar-refractivity contribution in [3.05, 3.63) is 53.3 Å². The third kappa shape index (κ3) is 1.58. The summed E-state index contributed by atoms with van der Waals surface area (Å²) in [6.45, 7) is 3.73. The highest BCUT2D eigenvalue weighted by atomic mass is 79.9. The fourth-order valence-corrected chi connectivity index (χ4v) is 1.96. The van der Waals surface area contributed by atoms with Gasteiger partial charge in [0.15, 0.2) is 0 Å². The van der Waals surface area contributed by atoms with Gasteiger partial charge < -0.3 is 0 Å². The maximum absolute atomic E-state index is 4.38. The lowest BCUT2D eigenvalue weighted by molar-refractivity contribution is 1.14. The molecule has 0 aliphatic rings. The van der Waals surface area contributed by atoms with Crippen molar-refractivity contribution < 1.29 is 0 Å². The fraction of sp³-hybridized carbons (Fsp3) is 0.0833. The normalized spacial score (nSPS) is 10.4. The molecule has 0 atom stereocenters. The van der Waals surface area contributed by atoms with Gasteiger partial charge in [-0.15, -0.1) is 6.58 Å². The van der Waals surface area contributed by atoms with Crippen LogP contribution in [0.5, 0.6) is 0 Å². The van der Waals surface area contributed by atoms with Crippen molar-refractivity contribution >= 4 is 26.7 Å². The maximum atomic E-state index is 4.38. The molecule has 0 radical (unpaired) electrons. The number of benzene rings is 1. The largest absolute Gasteiger partial charge is 0.259 e. The Kier molecular flexibility index (Phi) is 2.64. The molecule has 0 unspecified atom stereocenters. The second-order valence-corrected chi connectivity index (χ2v) is 3.95. The van der Waals surface area contributed by atoms with Crippen LogP contribution in [-0.2, 0) is 6.42 Å². The van der Waals surface area contributed by atoms with E-state index in [1.54, 1.807) is 0 Å². The second-order valence-electron chi connectivity index (χ2n) is 3.09. The van der Waals surface area contributed by atoms with E-state index in [2.05, 4.69) is 39.6 Å². The van der Waals surface area contributed by atoms with E-state index in [1.165, 1.54) is 10.8 Å². The number of hydrogen-bond donors (Lipinski definition) is 0. The van der Waals surface area contributed by atoms with E-state index >= 15 is 0 Å². The Morgan fingerprint density at radius 1 is 1.29 bits per heavy atom. The zero-order valence-electron chi connectivity index (χ0n) is 7.70. The molecule has 0 aliphatic carbocycles. The van der Waals surface area contributed by atoms with Gasteiger partial charge in [0, 0.05) is 22.5 Å². The van der Waals surface area contributed by atoms with Crippen molar-refractivity contribution in [1.29, 1.82) is 0 Å². The predicted molar refractivity (Wildman–Crippen MR) is 63.3 cm³/mol. The Labute approximate surface area is 91.6 Å². The van der Waals surface area contributed by atoms with Gasteiger partial charge in [-0.05, 0) is 21.3 Å². The van der Waals surface area contributed by atoms with Crippen molar-refractivity contribution in [2.24, 2.45) is 0 Å². The van der Waals surface area contributed by atoms with Crippen molar-refractivity contribution in [2.45, 2.75) is 6.42 Å². The molecule has 2 aromatic rings. The van der Waals surface area contributed by atoms with E-state index in [0.717, 1.165) is 16.6 Å². The Balaban J connectivity index is 2.74. The van der Waals surface area contributed by atoms with E-state index in [1.807, 2.05) is 24.4 Å². The molecule has 1 heterocycles. The van der Waals surface area contributed by atoms with E-state index in [-0.39, 0.29) is 0 Å². The molecule has 0 amide bonds. The molecule has 2 heteroatoms. The van der Waals surface area contributed by atoms with Gasteiger partial charge in [-0.25, -0.2) is 0 Å². The Morgan fingerprint density at radius 2 is 2.00 bits per heavy atom. The molecule has 70 valence electrons. The highest BCUT2D eigenvalue weighted by molar-refractivity contribution is 9.10. The van der Waals surface area contributed by atoms with Gasteiger partial charge in [0.2, 0.25) is 0 Å². The first-order valence-electron chi connectivity index (χ1n) is 4.46. The lowest BCUT2D eigenvalue weighted by atomic mass is 10.1. The molecule has 0 saturated carbocycles. The van der Waals surface area contributed by atoms with E-state index in [4.69, 9.17) is 0 Å². The van der Waals surface area contributed by atoms with Gasteiger partial charge in [0.1, 0.15) is 0 Å². The summed E-state index contributed by atoms with van der Waals surface area (Å²) in [5.74, 6) is 0. The molecule has 2 rings (SSSR count). The SMILES string of the molecule is C=CCc1ncc(Br)c2ccccc12. The van der Waals surface area contributed by atoms with Crippen LogP contribution >= 0.6 is 15.9 Å². The number of allylic oxidation sites excluding steroid dienone is 1. The molecular formula is C12H10BrN. The molecule has 0 N–H and O–H groups in total. The minimum atomic E-state index is 0.813. The lowest BCUT2D eigenvalue weighted by Crippen LogP contribution is -1.89. The summed E-state index contributed by atoms with van der Waals surface area (Å²) in [5, 5.41) is 2.40. The topological polar surface area (TPSA) is 12.9 Å². The predicted octanol–water partition coefficient (Wildman–Crippen LogP) is 3.73. The number of fused-ring (bicyclic) bond motifs is 1. The molecular weight excluding hydrogens is 238 g/mol. The third-order valence-electron chi connectivity index (χ3n) is 2.17. The summed E-state index contributed by atoms with van der Waals surface area (Å²) in [6.07, 6.45) is 4.54. The lowest BCUT2D eigenvalue weighted by Gasteiger charge is -2.04. The van der Waals surface area contributed by atoms with Gasteiger partial charge in [-0.2, -0.15) is 0 Å². The van der Waals surface area contributed by atoms with E-state index < -0.39 is 0 Å². The van der Waals surface area contributed by atoms with Gasteiger partial charge in [-0.1, -0.05) is 30.3 Å². The Morgan fingerprint density at radius 3 is 2.71 bits per heavy atom. The van der Waals surface area contributed by atoms with Crippen LogP contribution in [-0.4, -0.2) is 4.98 Å². The van der Waals surface area contributed by atoms with Gasteiger partial charge in [0.05, 0.1) is 5.69 Å². The molecule has 0 bridgehead atoms. The minimum absolute atomic E-state index is 0.813. The molecule has 1 nitrogen and oxygen atoms in total. The minimum Gasteiger partial charge on any atom is -0.259 e. The number of aromatic nitrogens is 1. The fourth-order valence-electron chi connectivity index (χ4n) is 1.52. The monoisotopic (exact) mass is 247 g/mol. The summed E-state index contributed by atoms with van der Waals surface area (Å²) in [7, 11) is 0. The summed E-state index contributed by atoms with van der Waals surface area (Å²) in [6, 6.07) is 8.24. The zero-order valence-corrected chi connectivity index (χ0v) is 9.29. The summed E-state index contributed by atoms with van der Waals surface area (Å²) >= 11 is 3.49. The number of pyridine rings is 1. The van der Waals surface area contributed by atoms with Crippen molar-refractivity contribution in [1.82, 2.24) is 4.98 Å². The quantitative estimate of drug-likeness (QED) is 0.738. The van der Waals surface area contributed by atoms with E-state index in [0.29, 0.717) is 0 Å². The van der Waals surface area contributed by atoms with Gasteiger partial charge >= 0.3 is 0 Å². The molecule has 0 fully saturated rings. The van der Waals surface area contributed by atoms with Crippen molar-refractivity contribution in [2.75, 3.05) is 0 Å². The molecule has 0 aliphatic heterocycles. The summed E-state index contributed by atoms with van der Waals surface area (Å²) in [4.78, 5) is 4.38. The van der Waals surface area contributed by atoms with Crippen LogP contribution in [0.4, 0.5) is 0 Å². The van der Waals surface area contributed by atoms with Crippen LogP contribution in [0, 0.1) is 0 Å². The van der Waals surface area contributed by atoms with Crippen LogP contribution in [0.3, 0.4) is 0 Å². The first-order chi connectivity index (χ1) is 6.83. The van der Waals surface area contributed by atoms with Gasteiger partial charge in [0.25, 0.3) is 0 Å². The van der Waals surface area contributed by atoms with Gasteiger partial charge in [-0.3, -0.25) is 4.98 Å². The number of nitrogens with zero attached hydrogens (tertiary/aromatic N) is 1. The van der Waals surface area contributed by atoms with Crippen LogP contribution < -0.4 is 0 Å². The number of hydrogen-bond acceptors (Lipinski definition) is 1. The Bertz CT molecular complexity index is 477. The summed E-state index contributed by atoms with van der Waals surface area (Å²) in [5.41, 5.74) is 1.08. The smallest absolute Gasteiger partial charge is 0.0520 e. The first-order valence-corrected chi connectivity index (χ1v) is 5.25. The highest BCUT2D eigenvalue weighted by Gasteiger charge is 2.03. The summed E-state index contributed by atoms with van der Waals surface area (Å²) < 4.78 is 1.04. The molecule has 1 aromatic carbocycles. The third-order valence-corrected chi connectivity index (χ3v) is 2.80. The number of rotatable bonds is 2. The van der Waals surface area contributed by atoms with Crippen LogP contribution in [0.25, 0.3) is 10.8 Å².